The number of rotatable bonds is 6. The molecule has 0 aromatic rings. The number of carboxylic acids is 3. The molecule has 0 unspecified atom stereocenters. The summed E-state index contributed by atoms with van der Waals surface area (Å²) in [6, 6.07) is 0. The van der Waals surface area contributed by atoms with Crippen molar-refractivity contribution in [1.29, 1.82) is 0 Å². The van der Waals surface area contributed by atoms with Gasteiger partial charge in [0, 0.05) is 37.2 Å². The van der Waals surface area contributed by atoms with Crippen molar-refractivity contribution in [2.24, 2.45) is 0 Å². The Hall–Kier alpha value is -1.78. The van der Waals surface area contributed by atoms with Crippen molar-refractivity contribution >= 4 is 57.8 Å². The Morgan fingerprint density at radius 3 is 0.750 bits per heavy atom. The van der Waals surface area contributed by atoms with Gasteiger partial charge in [0.1, 0.15) is 17.3 Å². The van der Waals surface area contributed by atoms with Crippen LogP contribution in [-0.4, -0.2) is 57.8 Å². The SMILES string of the molecule is CC(=O)CC(=O)[O-].CC(=O)CC(=O)[O-].CC(=O)CC(=O)[O-].C[CH2][Sn+3]. The second-order valence-corrected chi connectivity index (χ2v) is 6.12. The fourth-order valence-corrected chi connectivity index (χ4v) is 0.610. The number of hydrogen-bond acceptors (Lipinski definition) is 9. The van der Waals surface area contributed by atoms with E-state index in [-0.39, 0.29) is 17.3 Å². The molecule has 0 radical (unpaired) electrons. The van der Waals surface area contributed by atoms with E-state index in [2.05, 4.69) is 6.92 Å². The molecule has 0 bridgehead atoms. The zero-order valence-corrected chi connectivity index (χ0v) is 16.9. The van der Waals surface area contributed by atoms with Crippen LogP contribution in [0.3, 0.4) is 0 Å². The van der Waals surface area contributed by atoms with E-state index in [0.717, 1.165) is 0 Å². The van der Waals surface area contributed by atoms with Crippen LogP contribution < -0.4 is 15.3 Å². The third-order valence-electron chi connectivity index (χ3n) is 1.18. The molecule has 0 saturated heterocycles. The predicted octanol–water partition coefficient (Wildman–Crippen LogP) is -3.26. The second kappa shape index (κ2) is 21.2. The van der Waals surface area contributed by atoms with Gasteiger partial charge in [0.2, 0.25) is 0 Å². The summed E-state index contributed by atoms with van der Waals surface area (Å²) in [7, 11) is 0. The van der Waals surface area contributed by atoms with Crippen molar-refractivity contribution < 1.29 is 44.1 Å². The fraction of sp³-hybridized carbons (Fsp3) is 0.571. The van der Waals surface area contributed by atoms with Gasteiger partial charge in [-0.15, -0.1) is 0 Å². The third-order valence-corrected chi connectivity index (χ3v) is 1.18. The average Bonchev–Trinajstić information content (AvgIpc) is 2.24. The van der Waals surface area contributed by atoms with Crippen LogP contribution in [0.5, 0.6) is 0 Å². The fourth-order valence-electron chi connectivity index (χ4n) is 0.610. The number of ketones is 3. The molecule has 0 aromatic carbocycles. The van der Waals surface area contributed by atoms with E-state index in [0.29, 0.717) is 0 Å². The van der Waals surface area contributed by atoms with Gasteiger partial charge >= 0.3 is 33.9 Å². The molecular weight excluding hydrogens is 431 g/mol. The second-order valence-electron chi connectivity index (χ2n) is 4.11. The zero-order valence-electron chi connectivity index (χ0n) is 14.0. The first kappa shape index (κ1) is 30.1. The predicted molar refractivity (Wildman–Crippen MR) is 77.2 cm³/mol. The van der Waals surface area contributed by atoms with Crippen LogP contribution in [-0.2, 0) is 28.8 Å². The molecule has 0 aliphatic heterocycles. The Bertz CT molecular complexity index is 332. The van der Waals surface area contributed by atoms with Gasteiger partial charge in [-0.1, -0.05) is 0 Å². The summed E-state index contributed by atoms with van der Waals surface area (Å²) in [5.41, 5.74) is 0. The molecular formula is C14H20O9Sn. The van der Waals surface area contributed by atoms with Gasteiger partial charge in [0.05, 0.1) is 0 Å². The molecule has 0 aromatic heterocycles. The van der Waals surface area contributed by atoms with Crippen LogP contribution in [0, 0.1) is 0 Å². The maximum absolute atomic E-state index is 9.83. The van der Waals surface area contributed by atoms with E-state index in [9.17, 15) is 44.1 Å². The standard InChI is InChI=1S/3C4H6O3.C2H5.Sn/c3*1-3(5)2-4(6)7;1-2;/h3*2H2,1H3,(H,6,7);1H2,2H3;/q;;;;+3/p-3. The Morgan fingerprint density at radius 2 is 0.750 bits per heavy atom. The van der Waals surface area contributed by atoms with E-state index >= 15 is 0 Å². The Labute approximate surface area is 153 Å². The van der Waals surface area contributed by atoms with E-state index in [4.69, 9.17) is 0 Å². The number of Topliss-reactive ketones (excluding diaryl/α,β-unsaturated/α-hetero) is 3. The van der Waals surface area contributed by atoms with E-state index < -0.39 is 37.2 Å². The monoisotopic (exact) mass is 452 g/mol. The first-order valence-electron chi connectivity index (χ1n) is 6.52. The zero-order chi connectivity index (χ0) is 20.3. The van der Waals surface area contributed by atoms with Crippen molar-refractivity contribution in [1.82, 2.24) is 0 Å². The van der Waals surface area contributed by atoms with Gasteiger partial charge in [-0.25, -0.2) is 0 Å². The van der Waals surface area contributed by atoms with Crippen molar-refractivity contribution in [3.8, 4) is 0 Å². The molecule has 10 heteroatoms. The minimum atomic E-state index is -1.31. The minimum absolute atomic E-state index is 0.375. The van der Waals surface area contributed by atoms with Gasteiger partial charge in [-0.05, 0) is 20.8 Å². The quantitative estimate of drug-likeness (QED) is 0.297. The first-order valence-corrected chi connectivity index (χ1v) is 8.54. The average molecular weight is 451 g/mol. The molecule has 0 fully saturated rings. The molecule has 0 N–H and O–H groups in total. The van der Waals surface area contributed by atoms with Crippen molar-refractivity contribution in [3.05, 3.63) is 0 Å². The molecule has 24 heavy (non-hydrogen) atoms. The molecule has 0 spiro atoms. The number of carbonyl (C=O) groups is 6. The molecule has 0 aliphatic rings. The molecule has 0 saturated carbocycles. The van der Waals surface area contributed by atoms with Crippen LogP contribution in [0.15, 0.2) is 0 Å². The first-order chi connectivity index (χ1) is 10.8. The van der Waals surface area contributed by atoms with Crippen molar-refractivity contribution in [2.75, 3.05) is 0 Å². The summed E-state index contributed by atoms with van der Waals surface area (Å²) < 4.78 is 1.34. The Balaban J connectivity index is -0.000000115. The number of hydrogen-bond donors (Lipinski definition) is 0. The summed E-state index contributed by atoms with van der Waals surface area (Å²) in [5, 5.41) is 28.4. The van der Waals surface area contributed by atoms with Crippen LogP contribution in [0.25, 0.3) is 0 Å². The summed E-state index contributed by atoms with van der Waals surface area (Å²) in [6.07, 6.45) is -1.42. The Kier molecular flexibility index (Phi) is 26.6. The maximum atomic E-state index is 9.83. The van der Waals surface area contributed by atoms with Crippen LogP contribution in [0.4, 0.5) is 0 Å². The summed E-state index contributed by atoms with van der Waals surface area (Å²) in [5.74, 6) is -5.06. The topological polar surface area (TPSA) is 172 Å². The third kappa shape index (κ3) is 71.5. The van der Waals surface area contributed by atoms with Crippen LogP contribution >= 0.6 is 0 Å². The van der Waals surface area contributed by atoms with E-state index in [1.807, 2.05) is 0 Å². The van der Waals surface area contributed by atoms with E-state index in [1.165, 1.54) is 25.2 Å². The summed E-state index contributed by atoms with van der Waals surface area (Å²) in [6.45, 7) is 5.78. The molecule has 134 valence electrons. The molecule has 0 heterocycles. The molecule has 0 aliphatic carbocycles. The summed E-state index contributed by atoms with van der Waals surface area (Å²) >= 11 is 1.64. The van der Waals surface area contributed by atoms with Crippen molar-refractivity contribution in [3.63, 3.8) is 0 Å². The molecule has 0 atom stereocenters. The summed E-state index contributed by atoms with van der Waals surface area (Å²) in [4.78, 5) is 57.9. The number of carboxylic acid groups (broad SMARTS) is 3. The Morgan fingerprint density at radius 1 is 0.625 bits per heavy atom. The van der Waals surface area contributed by atoms with Gasteiger partial charge < -0.3 is 29.7 Å². The van der Waals surface area contributed by atoms with Gasteiger partial charge in [-0.2, -0.15) is 0 Å². The van der Waals surface area contributed by atoms with Crippen LogP contribution in [0.1, 0.15) is 47.0 Å². The van der Waals surface area contributed by atoms with Gasteiger partial charge in [-0.3, -0.25) is 14.4 Å². The van der Waals surface area contributed by atoms with Crippen molar-refractivity contribution in [2.45, 2.75) is 51.4 Å². The molecule has 0 amide bonds. The van der Waals surface area contributed by atoms with Gasteiger partial charge in [0.15, 0.2) is 0 Å². The number of aliphatic carboxylic acids is 3. The normalized spacial score (nSPS) is 7.92. The van der Waals surface area contributed by atoms with E-state index in [1.54, 1.807) is 22.5 Å². The number of carbonyl (C=O) groups excluding carboxylic acids is 6. The van der Waals surface area contributed by atoms with Crippen LogP contribution in [0.2, 0.25) is 4.44 Å². The molecule has 9 nitrogen and oxygen atoms in total. The van der Waals surface area contributed by atoms with Gasteiger partial charge in [0.25, 0.3) is 0 Å². The molecule has 0 rings (SSSR count).